The summed E-state index contributed by atoms with van der Waals surface area (Å²) in [4.78, 5) is 17.3. The van der Waals surface area contributed by atoms with E-state index in [2.05, 4.69) is 9.80 Å². The van der Waals surface area contributed by atoms with Crippen molar-refractivity contribution in [3.63, 3.8) is 0 Å². The molecule has 3 fully saturated rings. The average molecular weight is 360 g/mol. The third-order valence-corrected chi connectivity index (χ3v) is 6.40. The number of carbonyl (C=O) groups excluding carboxylic acids is 1. The Kier molecular flexibility index (Phi) is 5.96. The van der Waals surface area contributed by atoms with E-state index in [1.165, 1.54) is 32.1 Å². The van der Waals surface area contributed by atoms with Gasteiger partial charge >= 0.3 is 6.18 Å². The van der Waals surface area contributed by atoms with E-state index in [0.29, 0.717) is 19.0 Å². The SMILES string of the molecule is O=C1N(CC2CCCCC2)CCCC12CCN(CCCC(F)(F)F)C2. The van der Waals surface area contributed by atoms with Gasteiger partial charge in [0.05, 0.1) is 5.41 Å². The Morgan fingerprint density at radius 1 is 1.04 bits per heavy atom. The maximum absolute atomic E-state index is 13.1. The van der Waals surface area contributed by atoms with Gasteiger partial charge in [0.1, 0.15) is 0 Å². The molecule has 2 aliphatic heterocycles. The Hall–Kier alpha value is -0.780. The number of hydrogen-bond acceptors (Lipinski definition) is 2. The van der Waals surface area contributed by atoms with Crippen molar-refractivity contribution in [3.8, 4) is 0 Å². The number of rotatable bonds is 5. The van der Waals surface area contributed by atoms with Crippen LogP contribution in [0.5, 0.6) is 0 Å². The van der Waals surface area contributed by atoms with Crippen molar-refractivity contribution in [2.75, 3.05) is 32.7 Å². The summed E-state index contributed by atoms with van der Waals surface area (Å²) in [5, 5.41) is 0. The van der Waals surface area contributed by atoms with Crippen molar-refractivity contribution >= 4 is 5.91 Å². The average Bonchev–Trinajstić information content (AvgIpc) is 2.96. The summed E-state index contributed by atoms with van der Waals surface area (Å²) in [7, 11) is 0. The molecule has 144 valence electrons. The summed E-state index contributed by atoms with van der Waals surface area (Å²) in [6.45, 7) is 3.64. The standard InChI is InChI=1S/C19H31F3N2O/c20-19(21,22)9-5-11-23-13-10-18(15-23)8-4-12-24(17(18)25)14-16-6-2-1-3-7-16/h16H,1-15H2. The zero-order chi connectivity index (χ0) is 17.9. The highest BCUT2D eigenvalue weighted by atomic mass is 19.4. The largest absolute Gasteiger partial charge is 0.389 e. The lowest BCUT2D eigenvalue weighted by molar-refractivity contribution is -0.147. The van der Waals surface area contributed by atoms with E-state index in [-0.39, 0.29) is 17.7 Å². The molecule has 0 bridgehead atoms. The maximum Gasteiger partial charge on any atom is 0.389 e. The van der Waals surface area contributed by atoms with E-state index in [9.17, 15) is 18.0 Å². The first-order chi connectivity index (χ1) is 11.9. The van der Waals surface area contributed by atoms with E-state index in [1.54, 1.807) is 0 Å². The van der Waals surface area contributed by atoms with Gasteiger partial charge in [0, 0.05) is 26.1 Å². The molecule has 1 unspecified atom stereocenters. The summed E-state index contributed by atoms with van der Waals surface area (Å²) >= 11 is 0. The van der Waals surface area contributed by atoms with E-state index in [4.69, 9.17) is 0 Å². The lowest BCUT2D eigenvalue weighted by Crippen LogP contribution is -2.51. The molecule has 1 spiro atoms. The second-order valence-electron chi connectivity index (χ2n) is 8.38. The predicted molar refractivity (Wildman–Crippen MR) is 91.2 cm³/mol. The number of alkyl halides is 3. The van der Waals surface area contributed by atoms with Crippen LogP contribution in [0.15, 0.2) is 0 Å². The smallest absolute Gasteiger partial charge is 0.342 e. The van der Waals surface area contributed by atoms with Gasteiger partial charge in [-0.3, -0.25) is 4.79 Å². The van der Waals surface area contributed by atoms with Crippen molar-refractivity contribution in [2.45, 2.75) is 70.4 Å². The molecule has 1 atom stereocenters. The van der Waals surface area contributed by atoms with Gasteiger partial charge in [-0.25, -0.2) is 0 Å². The minimum atomic E-state index is -4.07. The van der Waals surface area contributed by atoms with Crippen LogP contribution in [0.1, 0.15) is 64.2 Å². The second-order valence-corrected chi connectivity index (χ2v) is 8.38. The Morgan fingerprint density at radius 3 is 2.52 bits per heavy atom. The molecule has 2 saturated heterocycles. The van der Waals surface area contributed by atoms with Crippen molar-refractivity contribution < 1.29 is 18.0 Å². The van der Waals surface area contributed by atoms with Gasteiger partial charge in [-0.05, 0) is 57.5 Å². The lowest BCUT2D eigenvalue weighted by atomic mass is 9.77. The highest BCUT2D eigenvalue weighted by molar-refractivity contribution is 5.84. The third-order valence-electron chi connectivity index (χ3n) is 6.40. The maximum atomic E-state index is 13.1. The lowest BCUT2D eigenvalue weighted by Gasteiger charge is -2.41. The number of carbonyl (C=O) groups is 1. The summed E-state index contributed by atoms with van der Waals surface area (Å²) in [6, 6.07) is 0. The van der Waals surface area contributed by atoms with Gasteiger partial charge in [-0.2, -0.15) is 13.2 Å². The van der Waals surface area contributed by atoms with Crippen molar-refractivity contribution in [1.82, 2.24) is 9.80 Å². The molecule has 0 aromatic rings. The van der Waals surface area contributed by atoms with Gasteiger partial charge in [-0.15, -0.1) is 0 Å². The third kappa shape index (κ3) is 4.89. The summed E-state index contributed by atoms with van der Waals surface area (Å²) < 4.78 is 37.0. The molecule has 0 N–H and O–H groups in total. The van der Waals surface area contributed by atoms with Crippen molar-refractivity contribution in [2.24, 2.45) is 11.3 Å². The summed E-state index contributed by atoms with van der Waals surface area (Å²) in [5.74, 6) is 0.930. The topological polar surface area (TPSA) is 23.6 Å². The van der Waals surface area contributed by atoms with Gasteiger partial charge in [-0.1, -0.05) is 19.3 Å². The molecule has 1 amide bonds. The number of piperidine rings is 1. The van der Waals surface area contributed by atoms with E-state index >= 15 is 0 Å². The van der Waals surface area contributed by atoms with Crippen LogP contribution in [-0.4, -0.2) is 54.6 Å². The monoisotopic (exact) mass is 360 g/mol. The first kappa shape index (κ1) is 19.0. The molecular formula is C19H31F3N2O. The van der Waals surface area contributed by atoms with Crippen LogP contribution in [0.2, 0.25) is 0 Å². The fourth-order valence-electron chi connectivity index (χ4n) is 5.04. The van der Waals surface area contributed by atoms with Crippen LogP contribution in [0.4, 0.5) is 13.2 Å². The highest BCUT2D eigenvalue weighted by Crippen LogP contribution is 2.41. The van der Waals surface area contributed by atoms with E-state index in [1.807, 2.05) is 0 Å². The zero-order valence-corrected chi connectivity index (χ0v) is 15.1. The molecule has 0 aromatic heterocycles. The molecule has 25 heavy (non-hydrogen) atoms. The number of likely N-dealkylation sites (tertiary alicyclic amines) is 2. The van der Waals surface area contributed by atoms with Crippen LogP contribution in [0, 0.1) is 11.3 Å². The van der Waals surface area contributed by atoms with Gasteiger partial charge < -0.3 is 9.80 Å². The molecule has 0 aromatic carbocycles. The predicted octanol–water partition coefficient (Wildman–Crippen LogP) is 4.22. The molecule has 0 radical (unpaired) electrons. The molecule has 3 aliphatic rings. The minimum Gasteiger partial charge on any atom is -0.342 e. The Balaban J connectivity index is 1.51. The summed E-state index contributed by atoms with van der Waals surface area (Å²) in [6.07, 6.45) is 4.46. The van der Waals surface area contributed by atoms with Crippen LogP contribution in [0.3, 0.4) is 0 Å². The Labute approximate surface area is 148 Å². The first-order valence-corrected chi connectivity index (χ1v) is 9.96. The minimum absolute atomic E-state index is 0.138. The van der Waals surface area contributed by atoms with Crippen LogP contribution in [-0.2, 0) is 4.79 Å². The molecule has 2 heterocycles. The van der Waals surface area contributed by atoms with Crippen molar-refractivity contribution in [1.29, 1.82) is 0 Å². The first-order valence-electron chi connectivity index (χ1n) is 9.96. The molecule has 3 rings (SSSR count). The van der Waals surface area contributed by atoms with Crippen LogP contribution < -0.4 is 0 Å². The van der Waals surface area contributed by atoms with Crippen molar-refractivity contribution in [3.05, 3.63) is 0 Å². The molecular weight excluding hydrogens is 329 g/mol. The normalized spacial score (nSPS) is 29.7. The molecule has 6 heteroatoms. The molecule has 1 saturated carbocycles. The summed E-state index contributed by atoms with van der Waals surface area (Å²) in [5.41, 5.74) is -0.314. The number of nitrogens with zero attached hydrogens (tertiary/aromatic N) is 2. The highest BCUT2D eigenvalue weighted by Gasteiger charge is 2.48. The van der Waals surface area contributed by atoms with Gasteiger partial charge in [0.15, 0.2) is 0 Å². The van der Waals surface area contributed by atoms with Gasteiger partial charge in [0.2, 0.25) is 5.91 Å². The quantitative estimate of drug-likeness (QED) is 0.733. The van der Waals surface area contributed by atoms with Gasteiger partial charge in [0.25, 0.3) is 0 Å². The molecule has 1 aliphatic carbocycles. The Morgan fingerprint density at radius 2 is 1.80 bits per heavy atom. The zero-order valence-electron chi connectivity index (χ0n) is 15.1. The van der Waals surface area contributed by atoms with Crippen LogP contribution >= 0.6 is 0 Å². The number of halogens is 3. The number of hydrogen-bond donors (Lipinski definition) is 0. The Bertz CT molecular complexity index is 462. The van der Waals surface area contributed by atoms with E-state index < -0.39 is 12.6 Å². The number of amides is 1. The van der Waals surface area contributed by atoms with E-state index in [0.717, 1.165) is 38.9 Å². The second kappa shape index (κ2) is 7.85. The fraction of sp³-hybridized carbons (Fsp3) is 0.947. The molecule has 3 nitrogen and oxygen atoms in total. The fourth-order valence-corrected chi connectivity index (χ4v) is 5.04. The van der Waals surface area contributed by atoms with Crippen LogP contribution in [0.25, 0.3) is 0 Å².